The van der Waals surface area contributed by atoms with E-state index >= 15 is 0 Å². The lowest BCUT2D eigenvalue weighted by atomic mass is 10.0. The lowest BCUT2D eigenvalue weighted by Gasteiger charge is -2.34. The van der Waals surface area contributed by atoms with Gasteiger partial charge < -0.3 is 19.9 Å². The molecule has 1 unspecified atom stereocenters. The Hall–Kier alpha value is -2.69. The zero-order valence-electron chi connectivity index (χ0n) is 13.8. The Labute approximate surface area is 141 Å². The first-order chi connectivity index (χ1) is 11.8. The van der Waals surface area contributed by atoms with E-state index in [1.165, 1.54) is 5.69 Å². The second kappa shape index (κ2) is 6.43. The van der Waals surface area contributed by atoms with Gasteiger partial charge in [-0.15, -0.1) is 0 Å². The van der Waals surface area contributed by atoms with Crippen molar-refractivity contribution in [3.8, 4) is 5.75 Å². The van der Waals surface area contributed by atoms with E-state index in [-0.39, 0.29) is 0 Å². The molecule has 0 radical (unpaired) electrons. The van der Waals surface area contributed by atoms with Gasteiger partial charge in [0.15, 0.2) is 0 Å². The average Bonchev–Trinajstić information content (AvgIpc) is 3.04. The first kappa shape index (κ1) is 14.9. The Morgan fingerprint density at radius 2 is 2.12 bits per heavy atom. The number of benzene rings is 2. The number of fused-ring (bicyclic) bond motifs is 1. The monoisotopic (exact) mass is 322 g/mol. The van der Waals surface area contributed by atoms with E-state index in [2.05, 4.69) is 38.4 Å². The maximum atomic E-state index is 5.34. The van der Waals surface area contributed by atoms with E-state index in [0.717, 1.165) is 48.7 Å². The number of imidazole rings is 1. The van der Waals surface area contributed by atoms with Crippen LogP contribution < -0.4 is 15.0 Å². The van der Waals surface area contributed by atoms with Crippen LogP contribution in [0, 0.1) is 0 Å². The van der Waals surface area contributed by atoms with Crippen LogP contribution in [0.25, 0.3) is 11.0 Å². The van der Waals surface area contributed by atoms with Crippen molar-refractivity contribution in [2.75, 3.05) is 30.4 Å². The van der Waals surface area contributed by atoms with Crippen LogP contribution in [0.5, 0.6) is 5.75 Å². The fourth-order valence-corrected chi connectivity index (χ4v) is 3.35. The summed E-state index contributed by atoms with van der Waals surface area (Å²) in [5.74, 6) is 1.76. The molecule has 1 fully saturated rings. The summed E-state index contributed by atoms with van der Waals surface area (Å²) in [5.41, 5.74) is 3.28. The first-order valence-corrected chi connectivity index (χ1v) is 8.42. The van der Waals surface area contributed by atoms with E-state index in [0.29, 0.717) is 6.04 Å². The van der Waals surface area contributed by atoms with Gasteiger partial charge in [-0.25, -0.2) is 4.98 Å². The molecule has 1 aliphatic heterocycles. The highest BCUT2D eigenvalue weighted by Crippen LogP contribution is 2.25. The van der Waals surface area contributed by atoms with Crippen molar-refractivity contribution in [2.24, 2.45) is 0 Å². The third-order valence-corrected chi connectivity index (χ3v) is 4.57. The number of ether oxygens (including phenoxy) is 1. The van der Waals surface area contributed by atoms with Gasteiger partial charge in [0.25, 0.3) is 0 Å². The Kier molecular flexibility index (Phi) is 3.99. The molecule has 24 heavy (non-hydrogen) atoms. The highest BCUT2D eigenvalue weighted by atomic mass is 16.5. The molecule has 2 heterocycles. The quantitative estimate of drug-likeness (QED) is 0.770. The van der Waals surface area contributed by atoms with Crippen molar-refractivity contribution in [1.29, 1.82) is 0 Å². The number of anilines is 2. The normalized spacial score (nSPS) is 17.9. The van der Waals surface area contributed by atoms with Crippen LogP contribution in [0.1, 0.15) is 12.8 Å². The minimum Gasteiger partial charge on any atom is -0.497 e. The second-order valence-corrected chi connectivity index (χ2v) is 6.23. The largest absolute Gasteiger partial charge is 0.497 e. The van der Waals surface area contributed by atoms with Crippen molar-refractivity contribution >= 4 is 22.7 Å². The summed E-state index contributed by atoms with van der Waals surface area (Å²) in [4.78, 5) is 10.4. The second-order valence-electron chi connectivity index (χ2n) is 6.23. The van der Waals surface area contributed by atoms with Crippen molar-refractivity contribution in [3.05, 3.63) is 48.5 Å². The molecule has 4 rings (SSSR count). The number of nitrogens with zero attached hydrogens (tertiary/aromatic N) is 2. The molecule has 0 bridgehead atoms. The molecule has 5 nitrogen and oxygen atoms in total. The molecule has 1 aromatic heterocycles. The molecular weight excluding hydrogens is 300 g/mol. The first-order valence-electron chi connectivity index (χ1n) is 8.42. The maximum absolute atomic E-state index is 5.34. The van der Waals surface area contributed by atoms with Gasteiger partial charge >= 0.3 is 0 Å². The number of aromatic amines is 1. The van der Waals surface area contributed by atoms with Crippen LogP contribution in [0.15, 0.2) is 48.5 Å². The molecule has 0 spiro atoms. The molecule has 124 valence electrons. The Morgan fingerprint density at radius 1 is 1.21 bits per heavy atom. The molecule has 5 heteroatoms. The number of nitrogens with one attached hydrogen (secondary N) is 2. The zero-order chi connectivity index (χ0) is 16.4. The number of hydrogen-bond donors (Lipinski definition) is 2. The van der Waals surface area contributed by atoms with Crippen molar-refractivity contribution < 1.29 is 4.74 Å². The van der Waals surface area contributed by atoms with Crippen molar-refractivity contribution in [3.63, 3.8) is 0 Å². The minimum absolute atomic E-state index is 0.380. The molecule has 3 aromatic rings. The summed E-state index contributed by atoms with van der Waals surface area (Å²) in [6.45, 7) is 2.04. The molecule has 2 aromatic carbocycles. The van der Waals surface area contributed by atoms with Gasteiger partial charge in [-0.3, -0.25) is 0 Å². The number of hydrogen-bond acceptors (Lipinski definition) is 4. The summed E-state index contributed by atoms with van der Waals surface area (Å²) in [7, 11) is 1.71. The molecular formula is C19H22N4O. The molecule has 0 amide bonds. The van der Waals surface area contributed by atoms with E-state index < -0.39 is 0 Å². The molecule has 0 saturated carbocycles. The Balaban J connectivity index is 1.48. The highest BCUT2D eigenvalue weighted by molar-refractivity contribution is 5.77. The summed E-state index contributed by atoms with van der Waals surface area (Å²) in [6.07, 6.45) is 2.31. The highest BCUT2D eigenvalue weighted by Gasteiger charge is 2.21. The number of aromatic nitrogens is 2. The van der Waals surface area contributed by atoms with Crippen LogP contribution in [0.3, 0.4) is 0 Å². The van der Waals surface area contributed by atoms with Gasteiger partial charge in [-0.1, -0.05) is 18.2 Å². The lowest BCUT2D eigenvalue weighted by molar-refractivity contribution is 0.414. The summed E-state index contributed by atoms with van der Waals surface area (Å²) < 4.78 is 5.34. The van der Waals surface area contributed by atoms with Crippen LogP contribution >= 0.6 is 0 Å². The van der Waals surface area contributed by atoms with E-state index in [1.54, 1.807) is 7.11 Å². The van der Waals surface area contributed by atoms with Gasteiger partial charge in [0, 0.05) is 30.9 Å². The van der Waals surface area contributed by atoms with Crippen LogP contribution in [0.4, 0.5) is 11.6 Å². The van der Waals surface area contributed by atoms with Crippen molar-refractivity contribution in [2.45, 2.75) is 18.9 Å². The smallest absolute Gasteiger partial charge is 0.201 e. The van der Waals surface area contributed by atoms with E-state index in [4.69, 9.17) is 4.74 Å². The van der Waals surface area contributed by atoms with Crippen molar-refractivity contribution in [1.82, 2.24) is 9.97 Å². The van der Waals surface area contributed by atoms with Crippen LogP contribution in [-0.4, -0.2) is 36.2 Å². The summed E-state index contributed by atoms with van der Waals surface area (Å²) >= 11 is 0. The maximum Gasteiger partial charge on any atom is 0.201 e. The lowest BCUT2D eigenvalue weighted by Crippen LogP contribution is -2.42. The van der Waals surface area contributed by atoms with Gasteiger partial charge in [-0.2, -0.15) is 0 Å². The topological polar surface area (TPSA) is 53.2 Å². The number of para-hydroxylation sites is 2. The Bertz CT molecular complexity index is 796. The van der Waals surface area contributed by atoms with Crippen LogP contribution in [0.2, 0.25) is 0 Å². The summed E-state index contributed by atoms with van der Waals surface area (Å²) in [6, 6.07) is 16.8. The molecule has 1 aliphatic rings. The molecule has 1 atom stereocenters. The van der Waals surface area contributed by atoms with Gasteiger partial charge in [0.2, 0.25) is 5.95 Å². The van der Waals surface area contributed by atoms with Crippen LogP contribution in [-0.2, 0) is 0 Å². The molecule has 0 aliphatic carbocycles. The zero-order valence-corrected chi connectivity index (χ0v) is 13.8. The average molecular weight is 322 g/mol. The van der Waals surface area contributed by atoms with Gasteiger partial charge in [-0.05, 0) is 37.1 Å². The fraction of sp³-hybridized carbons (Fsp3) is 0.316. The number of H-pyrrole nitrogens is 1. The third-order valence-electron chi connectivity index (χ3n) is 4.57. The molecule has 1 saturated heterocycles. The standard InChI is InChI=1S/C19H22N4O/c1-24-16-8-4-7-15(12-16)23-11-5-6-14(13-23)20-19-21-17-9-2-3-10-18(17)22-19/h2-4,7-10,12,14H,5-6,11,13H2,1H3,(H2,20,21,22). The number of piperidine rings is 1. The van der Waals surface area contributed by atoms with E-state index in [9.17, 15) is 0 Å². The predicted octanol–water partition coefficient (Wildman–Crippen LogP) is 3.65. The third kappa shape index (κ3) is 3.02. The van der Waals surface area contributed by atoms with Gasteiger partial charge in [0.1, 0.15) is 5.75 Å². The fourth-order valence-electron chi connectivity index (χ4n) is 3.35. The van der Waals surface area contributed by atoms with Gasteiger partial charge in [0.05, 0.1) is 18.1 Å². The SMILES string of the molecule is COc1cccc(N2CCCC(Nc3nc4ccccc4[nH]3)C2)c1. The number of rotatable bonds is 4. The minimum atomic E-state index is 0.380. The van der Waals surface area contributed by atoms with E-state index in [1.807, 2.05) is 30.3 Å². The number of methoxy groups -OCH3 is 1. The summed E-state index contributed by atoms with van der Waals surface area (Å²) in [5, 5.41) is 3.56. The molecule has 2 N–H and O–H groups in total. The predicted molar refractivity (Wildman–Crippen MR) is 97.9 cm³/mol. The Morgan fingerprint density at radius 3 is 3.00 bits per heavy atom.